The number of aliphatic hydroxyl groups excluding tert-OH is 1. The van der Waals surface area contributed by atoms with Gasteiger partial charge in [-0.25, -0.2) is 14.4 Å². The van der Waals surface area contributed by atoms with Crippen molar-refractivity contribution in [3.8, 4) is 0 Å². The maximum absolute atomic E-state index is 13.4. The van der Waals surface area contributed by atoms with Crippen molar-refractivity contribution in [2.24, 2.45) is 4.99 Å². The van der Waals surface area contributed by atoms with Gasteiger partial charge in [-0.15, -0.1) is 0 Å². The number of hydrogen-bond donors (Lipinski definition) is 1. The van der Waals surface area contributed by atoms with Gasteiger partial charge in [0.15, 0.2) is 0 Å². The maximum Gasteiger partial charge on any atom is 0.221 e. The minimum Gasteiger partial charge on any atom is -0.472 e. The van der Waals surface area contributed by atoms with Gasteiger partial charge in [-0.05, 0) is 48.5 Å². The average Bonchev–Trinajstić information content (AvgIpc) is 2.81. The highest BCUT2D eigenvalue weighted by Crippen LogP contribution is 2.36. The molecule has 0 fully saturated rings. The summed E-state index contributed by atoms with van der Waals surface area (Å²) < 4.78 is 19.3. The quantitative estimate of drug-likeness (QED) is 0.518. The summed E-state index contributed by atoms with van der Waals surface area (Å²) in [7, 11) is 0. The molecule has 0 unspecified atom stereocenters. The number of pyridine rings is 2. The van der Waals surface area contributed by atoms with Gasteiger partial charge in [-0.2, -0.15) is 0 Å². The van der Waals surface area contributed by atoms with Crippen molar-refractivity contribution in [3.63, 3.8) is 0 Å². The summed E-state index contributed by atoms with van der Waals surface area (Å²) in [5.74, 6) is 0.0884. The van der Waals surface area contributed by atoms with E-state index in [2.05, 4.69) is 9.97 Å². The second-order valence-electron chi connectivity index (χ2n) is 7.88. The third kappa shape index (κ3) is 5.01. The van der Waals surface area contributed by atoms with Gasteiger partial charge in [0.25, 0.3) is 0 Å². The molecular weight excluding hydrogens is 449 g/mol. The highest BCUT2D eigenvalue weighted by Gasteiger charge is 2.24. The van der Waals surface area contributed by atoms with Crippen LogP contribution in [0.1, 0.15) is 30.7 Å². The van der Waals surface area contributed by atoms with E-state index in [9.17, 15) is 9.50 Å². The molecule has 0 amide bonds. The van der Waals surface area contributed by atoms with Crippen molar-refractivity contribution in [2.45, 2.75) is 24.3 Å². The summed E-state index contributed by atoms with van der Waals surface area (Å²) >= 11 is 7.40. The number of halogens is 2. The molecule has 1 N–H and O–H groups in total. The van der Waals surface area contributed by atoms with Gasteiger partial charge in [0.1, 0.15) is 17.5 Å². The van der Waals surface area contributed by atoms with Crippen molar-refractivity contribution in [2.75, 3.05) is 13.2 Å². The molecule has 164 valence electrons. The highest BCUT2D eigenvalue weighted by molar-refractivity contribution is 8.03. The van der Waals surface area contributed by atoms with E-state index < -0.39 is 5.41 Å². The zero-order chi connectivity index (χ0) is 22.7. The van der Waals surface area contributed by atoms with Crippen molar-refractivity contribution >= 4 is 35.0 Å². The second-order valence-corrected chi connectivity index (χ2v) is 9.43. The third-order valence-corrected chi connectivity index (χ3v) is 6.19. The van der Waals surface area contributed by atoms with E-state index in [0.717, 1.165) is 21.2 Å². The molecule has 0 bridgehead atoms. The van der Waals surface area contributed by atoms with Gasteiger partial charge in [0.2, 0.25) is 5.90 Å². The first-order valence-corrected chi connectivity index (χ1v) is 11.1. The van der Waals surface area contributed by atoms with Gasteiger partial charge in [-0.1, -0.05) is 37.2 Å². The molecule has 0 saturated heterocycles. The average molecular weight is 470 g/mol. The monoisotopic (exact) mass is 469 g/mol. The van der Waals surface area contributed by atoms with Crippen LogP contribution in [0.4, 0.5) is 4.39 Å². The van der Waals surface area contributed by atoms with Crippen LogP contribution in [0.5, 0.6) is 0 Å². The lowest BCUT2D eigenvalue weighted by Gasteiger charge is -2.22. The lowest BCUT2D eigenvalue weighted by atomic mass is 9.90. The van der Waals surface area contributed by atoms with Crippen LogP contribution in [-0.4, -0.2) is 34.2 Å². The fourth-order valence-corrected chi connectivity index (χ4v) is 3.99. The predicted molar refractivity (Wildman–Crippen MR) is 125 cm³/mol. The molecule has 0 atom stereocenters. The molecule has 3 heterocycles. The van der Waals surface area contributed by atoms with Crippen LogP contribution in [0.15, 0.2) is 75.8 Å². The van der Waals surface area contributed by atoms with Gasteiger partial charge < -0.3 is 9.84 Å². The lowest BCUT2D eigenvalue weighted by Crippen LogP contribution is -2.23. The SMILES string of the molecule is CC(C)(CO)c1ccc(C2=C(Sc3ccc(Cl)cn3)COC(c3ccc(F)cc3)=N2)cn1. The molecule has 1 aliphatic rings. The molecule has 0 saturated carbocycles. The summed E-state index contributed by atoms with van der Waals surface area (Å²) in [6.45, 7) is 4.14. The Balaban J connectivity index is 1.75. The number of hydrogen-bond acceptors (Lipinski definition) is 6. The van der Waals surface area contributed by atoms with Crippen LogP contribution in [0.3, 0.4) is 0 Å². The summed E-state index contributed by atoms with van der Waals surface area (Å²) in [5, 5.41) is 11.0. The topological polar surface area (TPSA) is 67.6 Å². The first-order chi connectivity index (χ1) is 15.4. The van der Waals surface area contributed by atoms with Crippen molar-refractivity contribution in [1.82, 2.24) is 9.97 Å². The Morgan fingerprint density at radius 2 is 1.78 bits per heavy atom. The van der Waals surface area contributed by atoms with Crippen LogP contribution in [0, 0.1) is 5.82 Å². The summed E-state index contributed by atoms with van der Waals surface area (Å²) in [6, 6.07) is 13.5. The largest absolute Gasteiger partial charge is 0.472 e. The second kappa shape index (κ2) is 9.40. The molecule has 1 aliphatic heterocycles. The van der Waals surface area contributed by atoms with Gasteiger partial charge in [0, 0.05) is 34.6 Å². The van der Waals surface area contributed by atoms with E-state index in [1.165, 1.54) is 23.9 Å². The van der Waals surface area contributed by atoms with E-state index in [-0.39, 0.29) is 19.0 Å². The number of rotatable bonds is 6. The molecule has 1 aromatic carbocycles. The van der Waals surface area contributed by atoms with Crippen LogP contribution < -0.4 is 0 Å². The first kappa shape index (κ1) is 22.5. The molecule has 0 radical (unpaired) electrons. The Hall–Kier alpha value is -2.74. The zero-order valence-corrected chi connectivity index (χ0v) is 19.1. The number of ether oxygens (including phenoxy) is 1. The van der Waals surface area contributed by atoms with Crippen LogP contribution >= 0.6 is 23.4 Å². The smallest absolute Gasteiger partial charge is 0.221 e. The minimum atomic E-state index is -0.448. The lowest BCUT2D eigenvalue weighted by molar-refractivity contribution is 0.215. The number of aliphatic hydroxyl groups is 1. The fourth-order valence-electron chi connectivity index (χ4n) is 3.01. The van der Waals surface area contributed by atoms with Gasteiger partial charge in [0.05, 0.1) is 22.2 Å². The molecular formula is C24H21ClFN3O2S. The Morgan fingerprint density at radius 3 is 2.41 bits per heavy atom. The standard InChI is InChI=1S/C24H21ClFN3O2S/c1-24(2,14-30)20-9-5-16(11-27-20)22-19(32-21-10-6-17(25)12-28-21)13-31-23(29-22)15-3-7-18(26)8-4-15/h3-12,30H,13-14H2,1-2H3. The minimum absolute atomic E-state index is 0.00785. The van der Waals surface area contributed by atoms with Crippen LogP contribution in [0.25, 0.3) is 5.70 Å². The predicted octanol–water partition coefficient (Wildman–Crippen LogP) is 5.48. The summed E-state index contributed by atoms with van der Waals surface area (Å²) in [6.07, 6.45) is 3.34. The number of aliphatic imine (C=N–C) groups is 1. The first-order valence-electron chi connectivity index (χ1n) is 9.93. The maximum atomic E-state index is 13.4. The third-order valence-electron chi connectivity index (χ3n) is 4.96. The zero-order valence-electron chi connectivity index (χ0n) is 17.5. The fraction of sp³-hybridized carbons (Fsp3) is 0.208. The van der Waals surface area contributed by atoms with Crippen molar-refractivity contribution in [1.29, 1.82) is 0 Å². The van der Waals surface area contributed by atoms with Gasteiger partial charge >= 0.3 is 0 Å². The molecule has 0 spiro atoms. The van der Waals surface area contributed by atoms with E-state index in [4.69, 9.17) is 21.3 Å². The Morgan fingerprint density at radius 1 is 1.03 bits per heavy atom. The molecule has 3 aromatic rings. The van der Waals surface area contributed by atoms with E-state index in [1.807, 2.05) is 32.0 Å². The number of benzene rings is 1. The molecule has 8 heteroatoms. The van der Waals surface area contributed by atoms with Crippen molar-refractivity contribution < 1.29 is 14.2 Å². The summed E-state index contributed by atoms with van der Waals surface area (Å²) in [5.41, 5.74) is 2.53. The molecule has 32 heavy (non-hydrogen) atoms. The molecule has 0 aliphatic carbocycles. The normalized spacial score (nSPS) is 14.2. The Labute approximate surface area is 195 Å². The van der Waals surface area contributed by atoms with Gasteiger partial charge in [-0.3, -0.25) is 4.98 Å². The van der Waals surface area contributed by atoms with Crippen LogP contribution in [-0.2, 0) is 10.2 Å². The van der Waals surface area contributed by atoms with Crippen LogP contribution in [0.2, 0.25) is 5.02 Å². The molecule has 5 nitrogen and oxygen atoms in total. The van der Waals surface area contributed by atoms with Crippen molar-refractivity contribution in [3.05, 3.63) is 93.5 Å². The van der Waals surface area contributed by atoms with E-state index >= 15 is 0 Å². The number of nitrogens with zero attached hydrogens (tertiary/aromatic N) is 3. The highest BCUT2D eigenvalue weighted by atomic mass is 35.5. The molecule has 4 rings (SSSR count). The number of aromatic nitrogens is 2. The van der Waals surface area contributed by atoms with E-state index in [0.29, 0.717) is 22.2 Å². The van der Waals surface area contributed by atoms with E-state index in [1.54, 1.807) is 30.6 Å². The Kier molecular flexibility index (Phi) is 6.60. The summed E-state index contributed by atoms with van der Waals surface area (Å²) in [4.78, 5) is 14.5. The molecule has 2 aromatic heterocycles. The Bertz CT molecular complexity index is 1160. The number of thioether (sulfide) groups is 1.